The van der Waals surface area contributed by atoms with Gasteiger partial charge in [-0.25, -0.2) is 0 Å². The van der Waals surface area contributed by atoms with Gasteiger partial charge in [-0.3, -0.25) is 14.4 Å². The first-order valence-corrected chi connectivity index (χ1v) is 11.2. The first kappa shape index (κ1) is 21.7. The van der Waals surface area contributed by atoms with Gasteiger partial charge in [-0.15, -0.1) is 11.3 Å². The molecule has 32 heavy (non-hydrogen) atoms. The van der Waals surface area contributed by atoms with Crippen LogP contribution >= 0.6 is 11.3 Å². The summed E-state index contributed by atoms with van der Waals surface area (Å²) in [6, 6.07) is 16.3. The number of amides is 3. The Morgan fingerprint density at radius 1 is 0.938 bits per heavy atom. The highest BCUT2D eigenvalue weighted by Crippen LogP contribution is 2.29. The molecule has 1 aliphatic rings. The molecule has 8 heteroatoms. The van der Waals surface area contributed by atoms with Gasteiger partial charge in [0.05, 0.1) is 4.88 Å². The van der Waals surface area contributed by atoms with Crippen molar-refractivity contribution < 1.29 is 14.4 Å². The molecule has 0 bridgehead atoms. The summed E-state index contributed by atoms with van der Waals surface area (Å²) in [5.41, 5.74) is 9.10. The van der Waals surface area contributed by atoms with Crippen LogP contribution in [0, 0.1) is 0 Å². The van der Waals surface area contributed by atoms with Crippen molar-refractivity contribution in [3.8, 4) is 10.4 Å². The monoisotopic (exact) mass is 448 g/mol. The van der Waals surface area contributed by atoms with Gasteiger partial charge in [0.2, 0.25) is 0 Å². The van der Waals surface area contributed by atoms with Crippen molar-refractivity contribution in [3.05, 3.63) is 76.2 Å². The average molecular weight is 449 g/mol. The van der Waals surface area contributed by atoms with Crippen molar-refractivity contribution in [1.29, 1.82) is 0 Å². The van der Waals surface area contributed by atoms with Crippen LogP contribution in [0.1, 0.15) is 48.8 Å². The van der Waals surface area contributed by atoms with E-state index in [2.05, 4.69) is 16.0 Å². The zero-order chi connectivity index (χ0) is 22.7. The SMILES string of the molecule is CNC(=O)c1ccc(-c2ccc(C(=O)Nc3cc(C(=O)NC4CC4)ccc3CN)s2)cc1. The Labute approximate surface area is 190 Å². The van der Waals surface area contributed by atoms with Crippen LogP contribution in [0.5, 0.6) is 0 Å². The van der Waals surface area contributed by atoms with E-state index < -0.39 is 0 Å². The van der Waals surface area contributed by atoms with E-state index in [0.29, 0.717) is 21.7 Å². The van der Waals surface area contributed by atoms with Crippen molar-refractivity contribution in [2.45, 2.75) is 25.4 Å². The molecule has 164 valence electrons. The third kappa shape index (κ3) is 4.87. The Morgan fingerprint density at radius 2 is 1.66 bits per heavy atom. The van der Waals surface area contributed by atoms with Gasteiger partial charge in [0.1, 0.15) is 0 Å². The van der Waals surface area contributed by atoms with Crippen LogP contribution < -0.4 is 21.7 Å². The van der Waals surface area contributed by atoms with Crippen LogP contribution in [0.4, 0.5) is 5.69 Å². The molecule has 3 amide bonds. The first-order chi connectivity index (χ1) is 15.5. The predicted octanol–water partition coefficient (Wildman–Crippen LogP) is 3.38. The number of nitrogens with one attached hydrogen (secondary N) is 3. The molecule has 0 saturated heterocycles. The van der Waals surface area contributed by atoms with Crippen LogP contribution in [0.25, 0.3) is 10.4 Å². The molecule has 0 spiro atoms. The Bertz CT molecular complexity index is 1170. The fourth-order valence-electron chi connectivity index (χ4n) is 3.24. The second-order valence-electron chi connectivity index (χ2n) is 7.60. The lowest BCUT2D eigenvalue weighted by Crippen LogP contribution is -2.25. The molecule has 1 heterocycles. The number of carbonyl (C=O) groups is 3. The zero-order valence-electron chi connectivity index (χ0n) is 17.6. The van der Waals surface area contributed by atoms with E-state index in [1.165, 1.54) is 11.3 Å². The number of anilines is 1. The Morgan fingerprint density at radius 3 is 2.31 bits per heavy atom. The van der Waals surface area contributed by atoms with Crippen LogP contribution in [-0.4, -0.2) is 30.8 Å². The fourth-order valence-corrected chi connectivity index (χ4v) is 4.14. The lowest BCUT2D eigenvalue weighted by Gasteiger charge is -2.12. The number of thiophene rings is 1. The molecule has 1 saturated carbocycles. The van der Waals surface area contributed by atoms with Crippen LogP contribution in [-0.2, 0) is 6.54 Å². The Hall–Kier alpha value is -3.49. The van der Waals surface area contributed by atoms with Gasteiger partial charge in [-0.1, -0.05) is 18.2 Å². The summed E-state index contributed by atoms with van der Waals surface area (Å²) < 4.78 is 0. The summed E-state index contributed by atoms with van der Waals surface area (Å²) in [7, 11) is 1.59. The number of rotatable bonds is 7. The van der Waals surface area contributed by atoms with Gasteiger partial charge in [0, 0.05) is 41.3 Å². The maximum absolute atomic E-state index is 12.9. The van der Waals surface area contributed by atoms with Crippen molar-refractivity contribution in [1.82, 2.24) is 10.6 Å². The largest absolute Gasteiger partial charge is 0.355 e. The van der Waals surface area contributed by atoms with E-state index in [1.807, 2.05) is 18.2 Å². The highest BCUT2D eigenvalue weighted by Gasteiger charge is 2.24. The van der Waals surface area contributed by atoms with Gasteiger partial charge in [0.25, 0.3) is 17.7 Å². The summed E-state index contributed by atoms with van der Waals surface area (Å²) in [4.78, 5) is 38.4. The van der Waals surface area contributed by atoms with E-state index >= 15 is 0 Å². The molecule has 0 atom stereocenters. The summed E-state index contributed by atoms with van der Waals surface area (Å²) in [5, 5.41) is 8.44. The maximum Gasteiger partial charge on any atom is 0.265 e. The highest BCUT2D eigenvalue weighted by molar-refractivity contribution is 7.17. The third-order valence-electron chi connectivity index (χ3n) is 5.24. The van der Waals surface area contributed by atoms with E-state index in [-0.39, 0.29) is 30.3 Å². The van der Waals surface area contributed by atoms with Crippen molar-refractivity contribution in [2.75, 3.05) is 12.4 Å². The predicted molar refractivity (Wildman–Crippen MR) is 126 cm³/mol. The minimum atomic E-state index is -0.266. The van der Waals surface area contributed by atoms with Crippen LogP contribution in [0.3, 0.4) is 0 Å². The number of hydrogen-bond donors (Lipinski definition) is 4. The van der Waals surface area contributed by atoms with Gasteiger partial charge in [-0.05, 0) is 60.4 Å². The second kappa shape index (κ2) is 9.33. The topological polar surface area (TPSA) is 113 Å². The van der Waals surface area contributed by atoms with E-state index in [4.69, 9.17) is 5.73 Å². The summed E-state index contributed by atoms with van der Waals surface area (Å²) in [6.45, 7) is 0.244. The molecule has 0 aliphatic heterocycles. The molecule has 1 aromatic heterocycles. The second-order valence-corrected chi connectivity index (χ2v) is 8.68. The van der Waals surface area contributed by atoms with E-state index in [0.717, 1.165) is 28.8 Å². The van der Waals surface area contributed by atoms with E-state index in [1.54, 1.807) is 43.4 Å². The normalized spacial score (nSPS) is 12.8. The van der Waals surface area contributed by atoms with Crippen molar-refractivity contribution >= 4 is 34.7 Å². The van der Waals surface area contributed by atoms with E-state index in [9.17, 15) is 14.4 Å². The van der Waals surface area contributed by atoms with Gasteiger partial charge in [0.15, 0.2) is 0 Å². The molecule has 1 fully saturated rings. The van der Waals surface area contributed by atoms with Crippen molar-refractivity contribution in [3.63, 3.8) is 0 Å². The molecular weight excluding hydrogens is 424 g/mol. The molecule has 3 aromatic rings. The van der Waals surface area contributed by atoms with Gasteiger partial charge >= 0.3 is 0 Å². The molecule has 1 aliphatic carbocycles. The average Bonchev–Trinajstić information content (AvgIpc) is 3.49. The molecule has 7 nitrogen and oxygen atoms in total. The summed E-state index contributed by atoms with van der Waals surface area (Å²) in [5.74, 6) is -0.561. The maximum atomic E-state index is 12.9. The number of carbonyl (C=O) groups excluding carboxylic acids is 3. The minimum absolute atomic E-state index is 0.147. The van der Waals surface area contributed by atoms with Gasteiger partial charge in [-0.2, -0.15) is 0 Å². The minimum Gasteiger partial charge on any atom is -0.355 e. The number of nitrogens with two attached hydrogens (primary N) is 1. The van der Waals surface area contributed by atoms with Gasteiger partial charge < -0.3 is 21.7 Å². The molecule has 2 aromatic carbocycles. The number of benzene rings is 2. The third-order valence-corrected chi connectivity index (χ3v) is 6.37. The summed E-state index contributed by atoms with van der Waals surface area (Å²) >= 11 is 1.35. The molecular formula is C24H24N4O3S. The molecule has 4 rings (SSSR count). The fraction of sp³-hybridized carbons (Fsp3) is 0.208. The Balaban J connectivity index is 1.50. The summed E-state index contributed by atoms with van der Waals surface area (Å²) in [6.07, 6.45) is 2.01. The lowest BCUT2D eigenvalue weighted by molar-refractivity contribution is 0.0946. The smallest absolute Gasteiger partial charge is 0.265 e. The molecule has 0 unspecified atom stereocenters. The quantitative estimate of drug-likeness (QED) is 0.444. The highest BCUT2D eigenvalue weighted by atomic mass is 32.1. The zero-order valence-corrected chi connectivity index (χ0v) is 18.4. The lowest BCUT2D eigenvalue weighted by atomic mass is 10.1. The number of hydrogen-bond acceptors (Lipinski definition) is 5. The van der Waals surface area contributed by atoms with Crippen molar-refractivity contribution in [2.24, 2.45) is 5.73 Å². The first-order valence-electron chi connectivity index (χ1n) is 10.4. The Kier molecular flexibility index (Phi) is 6.34. The molecule has 5 N–H and O–H groups in total. The van der Waals surface area contributed by atoms with Crippen LogP contribution in [0.2, 0.25) is 0 Å². The molecule has 0 radical (unpaired) electrons. The standard InChI is InChI=1S/C24H24N4O3S/c1-26-22(29)15-4-2-14(3-5-15)20-10-11-21(32-20)24(31)28-19-12-16(6-7-17(19)13-25)23(30)27-18-8-9-18/h2-7,10-12,18H,8-9,13,25H2,1H3,(H,26,29)(H,27,30)(H,28,31). The van der Waals surface area contributed by atoms with Crippen LogP contribution in [0.15, 0.2) is 54.6 Å².